The van der Waals surface area contributed by atoms with Crippen LogP contribution in [0.25, 0.3) is 0 Å². The summed E-state index contributed by atoms with van der Waals surface area (Å²) in [4.78, 5) is 15.8. The molecule has 8 nitrogen and oxygen atoms in total. The van der Waals surface area contributed by atoms with E-state index in [1.807, 2.05) is 24.9 Å². The Morgan fingerprint density at radius 1 is 1.38 bits per heavy atom. The highest BCUT2D eigenvalue weighted by atomic mass is 16.2. The molecule has 3 heterocycles. The highest BCUT2D eigenvalue weighted by molar-refractivity contribution is 5.73. The van der Waals surface area contributed by atoms with Crippen LogP contribution in [-0.4, -0.2) is 62.6 Å². The van der Waals surface area contributed by atoms with Gasteiger partial charge in [0.25, 0.3) is 0 Å². The van der Waals surface area contributed by atoms with E-state index in [0.29, 0.717) is 12.5 Å². The zero-order valence-corrected chi connectivity index (χ0v) is 16.1. The molecular formula is C18H29N7O. The summed E-state index contributed by atoms with van der Waals surface area (Å²) in [5.41, 5.74) is 3.50. The van der Waals surface area contributed by atoms with E-state index < -0.39 is 0 Å². The molecule has 2 aromatic rings. The molecule has 0 fully saturated rings. The molecule has 8 heteroatoms. The Morgan fingerprint density at radius 3 is 2.88 bits per heavy atom. The van der Waals surface area contributed by atoms with Crippen molar-refractivity contribution in [1.82, 2.24) is 34.7 Å². The minimum atomic E-state index is -0.0411. The fourth-order valence-corrected chi connectivity index (χ4v) is 3.51. The maximum absolute atomic E-state index is 11.7. The fourth-order valence-electron chi connectivity index (χ4n) is 3.51. The van der Waals surface area contributed by atoms with Crippen LogP contribution in [-0.2, 0) is 26.7 Å². The molecule has 142 valence electrons. The van der Waals surface area contributed by atoms with E-state index in [9.17, 15) is 4.79 Å². The number of carbonyl (C=O) groups is 1. The van der Waals surface area contributed by atoms with Crippen LogP contribution in [0.5, 0.6) is 0 Å². The lowest BCUT2D eigenvalue weighted by Gasteiger charge is -2.24. The van der Waals surface area contributed by atoms with Crippen molar-refractivity contribution in [2.45, 2.75) is 33.0 Å². The summed E-state index contributed by atoms with van der Waals surface area (Å²) < 4.78 is 4.07. The summed E-state index contributed by atoms with van der Waals surface area (Å²) in [6.45, 7) is 6.31. The quantitative estimate of drug-likeness (QED) is 0.871. The van der Waals surface area contributed by atoms with Gasteiger partial charge in [-0.2, -0.15) is 10.2 Å². The number of nitrogens with one attached hydrogen (secondary N) is 1. The van der Waals surface area contributed by atoms with Crippen molar-refractivity contribution in [2.24, 2.45) is 13.0 Å². The van der Waals surface area contributed by atoms with Gasteiger partial charge in [0, 0.05) is 60.1 Å². The van der Waals surface area contributed by atoms with E-state index in [-0.39, 0.29) is 6.03 Å². The molecule has 1 N–H and O–H groups in total. The predicted octanol–water partition coefficient (Wildman–Crippen LogP) is 1.22. The largest absolute Gasteiger partial charge is 0.338 e. The molecular weight excluding hydrogens is 330 g/mol. The van der Waals surface area contributed by atoms with Crippen molar-refractivity contribution in [1.29, 1.82) is 0 Å². The topological polar surface area (TPSA) is 71.2 Å². The minimum Gasteiger partial charge on any atom is -0.338 e. The molecule has 0 spiro atoms. The monoisotopic (exact) mass is 359 g/mol. The van der Waals surface area contributed by atoms with Crippen LogP contribution in [0, 0.1) is 12.8 Å². The molecule has 1 unspecified atom stereocenters. The highest BCUT2D eigenvalue weighted by Gasteiger charge is 2.23. The summed E-state index contributed by atoms with van der Waals surface area (Å²) in [6.07, 6.45) is 2.80. The SMILES string of the molecule is Cc1cc(CN2Cc3ccnn3CC(CCNC(=O)N(C)C)C2)n(C)n1. The number of nitrogens with zero attached hydrogens (tertiary/aromatic N) is 6. The lowest BCUT2D eigenvalue weighted by Crippen LogP contribution is -2.37. The van der Waals surface area contributed by atoms with Gasteiger partial charge in [-0.15, -0.1) is 0 Å². The first-order valence-corrected chi connectivity index (χ1v) is 9.10. The van der Waals surface area contributed by atoms with Crippen molar-refractivity contribution in [3.63, 3.8) is 0 Å². The number of fused-ring (bicyclic) bond motifs is 1. The first-order chi connectivity index (χ1) is 12.4. The molecule has 0 saturated carbocycles. The van der Waals surface area contributed by atoms with Gasteiger partial charge < -0.3 is 10.2 Å². The molecule has 0 radical (unpaired) electrons. The molecule has 3 rings (SSSR count). The number of hydrogen-bond acceptors (Lipinski definition) is 4. The maximum atomic E-state index is 11.7. The number of aromatic nitrogens is 4. The Morgan fingerprint density at radius 2 is 2.19 bits per heavy atom. The van der Waals surface area contributed by atoms with Crippen molar-refractivity contribution in [3.8, 4) is 0 Å². The second-order valence-electron chi connectivity index (χ2n) is 7.36. The van der Waals surface area contributed by atoms with Gasteiger partial charge in [-0.05, 0) is 31.4 Å². The first-order valence-electron chi connectivity index (χ1n) is 9.10. The summed E-state index contributed by atoms with van der Waals surface area (Å²) >= 11 is 0. The van der Waals surface area contributed by atoms with Gasteiger partial charge >= 0.3 is 6.03 Å². The van der Waals surface area contributed by atoms with Crippen LogP contribution in [0.4, 0.5) is 4.79 Å². The van der Waals surface area contributed by atoms with Crippen LogP contribution >= 0.6 is 0 Å². The molecule has 1 aliphatic rings. The van der Waals surface area contributed by atoms with Gasteiger partial charge in [-0.3, -0.25) is 14.3 Å². The van der Waals surface area contributed by atoms with Crippen LogP contribution in [0.2, 0.25) is 0 Å². The highest BCUT2D eigenvalue weighted by Crippen LogP contribution is 2.20. The number of aryl methyl sites for hydroxylation is 2. The Hall–Kier alpha value is -2.35. The van der Waals surface area contributed by atoms with Crippen LogP contribution in [0.1, 0.15) is 23.5 Å². The van der Waals surface area contributed by atoms with E-state index in [1.54, 1.807) is 19.0 Å². The number of amides is 2. The molecule has 2 amide bonds. The number of rotatable bonds is 5. The lowest BCUT2D eigenvalue weighted by molar-refractivity contribution is 0.203. The molecule has 26 heavy (non-hydrogen) atoms. The van der Waals surface area contributed by atoms with E-state index in [2.05, 4.69) is 37.2 Å². The molecule has 1 atom stereocenters. The maximum Gasteiger partial charge on any atom is 0.316 e. The third kappa shape index (κ3) is 4.43. The average Bonchev–Trinajstić information content (AvgIpc) is 3.08. The van der Waals surface area contributed by atoms with Gasteiger partial charge in [0.05, 0.1) is 17.1 Å². The third-order valence-electron chi connectivity index (χ3n) is 4.86. The van der Waals surface area contributed by atoms with Gasteiger partial charge in [-0.25, -0.2) is 4.79 Å². The fraction of sp³-hybridized carbons (Fsp3) is 0.611. The lowest BCUT2D eigenvalue weighted by atomic mass is 10.1. The van der Waals surface area contributed by atoms with E-state index >= 15 is 0 Å². The van der Waals surface area contributed by atoms with Crippen molar-refractivity contribution in [2.75, 3.05) is 27.2 Å². The molecule has 1 aliphatic heterocycles. The number of urea groups is 1. The molecule has 0 aromatic carbocycles. The van der Waals surface area contributed by atoms with Crippen molar-refractivity contribution in [3.05, 3.63) is 35.4 Å². The van der Waals surface area contributed by atoms with Crippen molar-refractivity contribution >= 4 is 6.03 Å². The van der Waals surface area contributed by atoms with Crippen LogP contribution in [0.15, 0.2) is 18.3 Å². The summed E-state index contributed by atoms with van der Waals surface area (Å²) in [6, 6.07) is 4.20. The van der Waals surface area contributed by atoms with Gasteiger partial charge in [-0.1, -0.05) is 0 Å². The minimum absolute atomic E-state index is 0.0411. The standard InChI is InChI=1S/C18H29N7O/c1-14-9-17(23(4)21-14)13-24-10-15(5-7-19-18(26)22(2)3)11-25-16(12-24)6-8-20-25/h6,8-9,15H,5,7,10-13H2,1-4H3,(H,19,26). The Balaban J connectivity index is 1.66. The first kappa shape index (κ1) is 18.4. The molecule has 0 aliphatic carbocycles. The van der Waals surface area contributed by atoms with Gasteiger partial charge in [0.15, 0.2) is 0 Å². The summed E-state index contributed by atoms with van der Waals surface area (Å²) in [5, 5.41) is 11.9. The molecule has 2 aromatic heterocycles. The Labute approximate surface area is 154 Å². The predicted molar refractivity (Wildman–Crippen MR) is 99.5 cm³/mol. The van der Waals surface area contributed by atoms with E-state index in [4.69, 9.17) is 0 Å². The Kier molecular flexibility index (Phi) is 5.61. The van der Waals surface area contributed by atoms with Crippen molar-refractivity contribution < 1.29 is 4.79 Å². The average molecular weight is 359 g/mol. The zero-order chi connectivity index (χ0) is 18.7. The number of hydrogen-bond donors (Lipinski definition) is 1. The zero-order valence-electron chi connectivity index (χ0n) is 16.1. The summed E-state index contributed by atoms with van der Waals surface area (Å²) in [7, 11) is 5.52. The van der Waals surface area contributed by atoms with Crippen LogP contribution < -0.4 is 5.32 Å². The van der Waals surface area contributed by atoms with Gasteiger partial charge in [0.1, 0.15) is 0 Å². The number of carbonyl (C=O) groups excluding carboxylic acids is 1. The normalized spacial score (nSPS) is 17.6. The van der Waals surface area contributed by atoms with Crippen LogP contribution in [0.3, 0.4) is 0 Å². The smallest absolute Gasteiger partial charge is 0.316 e. The summed E-state index contributed by atoms with van der Waals surface area (Å²) in [5.74, 6) is 0.438. The van der Waals surface area contributed by atoms with Gasteiger partial charge in [0.2, 0.25) is 0 Å². The molecule has 0 bridgehead atoms. The van der Waals surface area contributed by atoms with E-state index in [0.717, 1.165) is 38.3 Å². The Bertz CT molecular complexity index is 749. The second kappa shape index (κ2) is 7.90. The third-order valence-corrected chi connectivity index (χ3v) is 4.86. The molecule has 0 saturated heterocycles. The van der Waals surface area contributed by atoms with E-state index in [1.165, 1.54) is 11.4 Å². The second-order valence-corrected chi connectivity index (χ2v) is 7.36.